The molecule has 8 heteroatoms. The third-order valence-electron chi connectivity index (χ3n) is 2.60. The number of rotatable bonds is 3. The molecule has 0 spiro atoms. The number of halogens is 3. The summed E-state index contributed by atoms with van der Waals surface area (Å²) in [5.74, 6) is 0.217. The van der Waals surface area contributed by atoms with E-state index in [2.05, 4.69) is 9.71 Å². The monoisotopic (exact) mass is 364 g/mol. The van der Waals surface area contributed by atoms with E-state index < -0.39 is 10.0 Å². The smallest absolute Gasteiger partial charge is 0.263 e. The van der Waals surface area contributed by atoms with Crippen LogP contribution in [0.15, 0.2) is 29.2 Å². The van der Waals surface area contributed by atoms with Crippen LogP contribution in [0.3, 0.4) is 0 Å². The van der Waals surface area contributed by atoms with Gasteiger partial charge in [-0.05, 0) is 43.7 Å². The van der Waals surface area contributed by atoms with Crippen molar-refractivity contribution in [2.24, 2.45) is 0 Å². The summed E-state index contributed by atoms with van der Waals surface area (Å²) in [6.07, 6.45) is 0. The zero-order chi connectivity index (χ0) is 15.8. The normalized spacial score (nSPS) is 11.5. The second-order valence-electron chi connectivity index (χ2n) is 4.47. The number of pyridine rings is 1. The number of aromatic nitrogens is 1. The van der Waals surface area contributed by atoms with Gasteiger partial charge in [0.25, 0.3) is 10.0 Å². The van der Waals surface area contributed by atoms with E-state index in [0.29, 0.717) is 5.69 Å². The minimum absolute atomic E-state index is 0.0127. The maximum absolute atomic E-state index is 12.4. The molecule has 4 nitrogen and oxygen atoms in total. The van der Waals surface area contributed by atoms with Gasteiger partial charge in [0, 0.05) is 5.69 Å². The Morgan fingerprint density at radius 3 is 2.19 bits per heavy atom. The van der Waals surface area contributed by atoms with Gasteiger partial charge in [-0.2, -0.15) is 0 Å². The van der Waals surface area contributed by atoms with E-state index >= 15 is 0 Å². The number of nitrogens with zero attached hydrogens (tertiary/aromatic N) is 1. The van der Waals surface area contributed by atoms with Gasteiger partial charge in [-0.1, -0.05) is 34.8 Å². The van der Waals surface area contributed by atoms with Crippen LogP contribution in [0.4, 0.5) is 5.82 Å². The highest BCUT2D eigenvalue weighted by Gasteiger charge is 2.20. The molecule has 21 heavy (non-hydrogen) atoms. The standard InChI is InChI=1S/C13H11Cl3N2O2S/c1-7-3-8(2)17-13(4-7)18-21(19,20)12-6-10(15)9(14)5-11(12)16/h3-6H,1-2H3,(H,17,18). The number of aryl methyl sites for hydroxylation is 2. The summed E-state index contributed by atoms with van der Waals surface area (Å²) in [5, 5.41) is 0.279. The second-order valence-corrected chi connectivity index (χ2v) is 7.35. The number of anilines is 1. The molecule has 1 N–H and O–H groups in total. The van der Waals surface area contributed by atoms with Crippen LogP contribution in [-0.2, 0) is 10.0 Å². The lowest BCUT2D eigenvalue weighted by atomic mass is 10.2. The van der Waals surface area contributed by atoms with Gasteiger partial charge in [0.15, 0.2) is 0 Å². The fourth-order valence-electron chi connectivity index (χ4n) is 1.80. The maximum atomic E-state index is 12.4. The molecule has 0 unspecified atom stereocenters. The molecular formula is C13H11Cl3N2O2S. The predicted octanol–water partition coefficient (Wildman–Crippen LogP) is 4.46. The molecule has 0 amide bonds. The molecule has 112 valence electrons. The molecular weight excluding hydrogens is 355 g/mol. The molecule has 0 saturated carbocycles. The number of hydrogen-bond acceptors (Lipinski definition) is 3. The molecule has 0 radical (unpaired) electrons. The summed E-state index contributed by atoms with van der Waals surface area (Å²) in [6.45, 7) is 3.62. The third kappa shape index (κ3) is 3.80. The Hall–Kier alpha value is -1.01. The summed E-state index contributed by atoms with van der Waals surface area (Å²) in [6, 6.07) is 5.95. The first-order valence-corrected chi connectivity index (χ1v) is 8.43. The first-order valence-electron chi connectivity index (χ1n) is 5.82. The van der Waals surface area contributed by atoms with Crippen molar-refractivity contribution in [2.45, 2.75) is 18.7 Å². The van der Waals surface area contributed by atoms with Crippen molar-refractivity contribution in [3.8, 4) is 0 Å². The topological polar surface area (TPSA) is 59.1 Å². The number of hydrogen-bond donors (Lipinski definition) is 1. The van der Waals surface area contributed by atoms with E-state index in [0.717, 1.165) is 5.56 Å². The second kappa shape index (κ2) is 6.01. The number of nitrogens with one attached hydrogen (secondary N) is 1. The van der Waals surface area contributed by atoms with E-state index in [-0.39, 0.29) is 25.8 Å². The minimum atomic E-state index is -3.90. The molecule has 0 saturated heterocycles. The lowest BCUT2D eigenvalue weighted by molar-refractivity contribution is 0.601. The van der Waals surface area contributed by atoms with Crippen molar-refractivity contribution in [1.82, 2.24) is 4.98 Å². The van der Waals surface area contributed by atoms with Gasteiger partial charge in [0.1, 0.15) is 10.7 Å². The molecule has 1 aromatic carbocycles. The van der Waals surface area contributed by atoms with Crippen molar-refractivity contribution in [1.29, 1.82) is 0 Å². The first-order chi connectivity index (χ1) is 9.69. The van der Waals surface area contributed by atoms with Gasteiger partial charge >= 0.3 is 0 Å². The van der Waals surface area contributed by atoms with Gasteiger partial charge < -0.3 is 0 Å². The molecule has 0 aliphatic carbocycles. The van der Waals surface area contributed by atoms with E-state index in [4.69, 9.17) is 34.8 Å². The van der Waals surface area contributed by atoms with Crippen LogP contribution in [0.1, 0.15) is 11.3 Å². The Labute approximate surface area is 138 Å². The molecule has 0 aliphatic heterocycles. The van der Waals surface area contributed by atoms with Gasteiger partial charge in [-0.25, -0.2) is 13.4 Å². The summed E-state index contributed by atoms with van der Waals surface area (Å²) in [4.78, 5) is 3.97. The molecule has 2 rings (SSSR count). The Kier molecular flexibility index (Phi) is 4.68. The van der Waals surface area contributed by atoms with Crippen LogP contribution in [0.5, 0.6) is 0 Å². The highest BCUT2D eigenvalue weighted by atomic mass is 35.5. The Bertz CT molecular complexity index is 787. The quantitative estimate of drug-likeness (QED) is 0.817. The van der Waals surface area contributed by atoms with Crippen molar-refractivity contribution >= 4 is 50.6 Å². The molecule has 2 aromatic rings. The number of benzene rings is 1. The van der Waals surface area contributed by atoms with Gasteiger partial charge in [-0.15, -0.1) is 0 Å². The predicted molar refractivity (Wildman–Crippen MR) is 86.0 cm³/mol. The first kappa shape index (κ1) is 16.4. The molecule has 0 fully saturated rings. The van der Waals surface area contributed by atoms with Crippen LogP contribution in [-0.4, -0.2) is 13.4 Å². The van der Waals surface area contributed by atoms with Crippen molar-refractivity contribution in [2.75, 3.05) is 4.72 Å². The summed E-state index contributed by atoms with van der Waals surface area (Å²) in [7, 11) is -3.90. The molecule has 0 bridgehead atoms. The highest BCUT2D eigenvalue weighted by Crippen LogP contribution is 2.32. The largest absolute Gasteiger partial charge is 0.264 e. The number of sulfonamides is 1. The molecule has 1 heterocycles. The van der Waals surface area contributed by atoms with Crippen molar-refractivity contribution < 1.29 is 8.42 Å². The lowest BCUT2D eigenvalue weighted by Gasteiger charge is -2.11. The van der Waals surface area contributed by atoms with Crippen LogP contribution in [0.25, 0.3) is 0 Å². The minimum Gasteiger partial charge on any atom is -0.263 e. The van der Waals surface area contributed by atoms with E-state index in [1.807, 2.05) is 13.0 Å². The van der Waals surface area contributed by atoms with Crippen LogP contribution < -0.4 is 4.72 Å². The third-order valence-corrected chi connectivity index (χ3v) is 5.14. The summed E-state index contributed by atoms with van der Waals surface area (Å²) < 4.78 is 27.1. The van der Waals surface area contributed by atoms with E-state index in [1.54, 1.807) is 13.0 Å². The zero-order valence-electron chi connectivity index (χ0n) is 11.1. The average Bonchev–Trinajstić information content (AvgIpc) is 2.31. The highest BCUT2D eigenvalue weighted by molar-refractivity contribution is 7.92. The lowest BCUT2D eigenvalue weighted by Crippen LogP contribution is -2.15. The molecule has 0 aliphatic rings. The molecule has 1 aromatic heterocycles. The van der Waals surface area contributed by atoms with Gasteiger partial charge in [0.05, 0.1) is 15.1 Å². The Balaban J connectivity index is 2.45. The van der Waals surface area contributed by atoms with Gasteiger partial charge in [-0.3, -0.25) is 4.72 Å². The average molecular weight is 366 g/mol. The zero-order valence-corrected chi connectivity index (χ0v) is 14.2. The Morgan fingerprint density at radius 1 is 0.952 bits per heavy atom. The van der Waals surface area contributed by atoms with E-state index in [9.17, 15) is 8.42 Å². The summed E-state index contributed by atoms with van der Waals surface area (Å²) >= 11 is 17.6. The van der Waals surface area contributed by atoms with Crippen molar-refractivity contribution in [3.63, 3.8) is 0 Å². The molecule has 0 atom stereocenters. The Morgan fingerprint density at radius 2 is 1.57 bits per heavy atom. The summed E-state index contributed by atoms with van der Waals surface area (Å²) in [5.41, 5.74) is 1.59. The van der Waals surface area contributed by atoms with Crippen molar-refractivity contribution in [3.05, 3.63) is 50.6 Å². The van der Waals surface area contributed by atoms with Crippen LogP contribution in [0, 0.1) is 13.8 Å². The van der Waals surface area contributed by atoms with E-state index in [1.165, 1.54) is 12.1 Å². The SMILES string of the molecule is Cc1cc(C)nc(NS(=O)(=O)c2cc(Cl)c(Cl)cc2Cl)c1. The van der Waals surface area contributed by atoms with Gasteiger partial charge in [0.2, 0.25) is 0 Å². The maximum Gasteiger partial charge on any atom is 0.264 e. The fourth-order valence-corrected chi connectivity index (χ4v) is 3.79. The van der Waals surface area contributed by atoms with Crippen LogP contribution in [0.2, 0.25) is 15.1 Å². The van der Waals surface area contributed by atoms with Crippen LogP contribution >= 0.6 is 34.8 Å². The fraction of sp³-hybridized carbons (Fsp3) is 0.154.